The second-order valence-electron chi connectivity index (χ2n) is 4.97. The topological polar surface area (TPSA) is 36.4 Å². The van der Waals surface area contributed by atoms with E-state index in [2.05, 4.69) is 30.0 Å². The zero-order chi connectivity index (χ0) is 12.5. The number of aryl methyl sites for hydroxylation is 1. The normalized spacial score (nSPS) is 15.6. The molecule has 0 bridgehead atoms. The minimum Gasteiger partial charge on any atom is -0.392 e. The summed E-state index contributed by atoms with van der Waals surface area (Å²) < 4.78 is 0. The van der Waals surface area contributed by atoms with E-state index < -0.39 is 0 Å². The molecule has 1 aromatic heterocycles. The van der Waals surface area contributed by atoms with Crippen molar-refractivity contribution in [1.29, 1.82) is 0 Å². The molecule has 0 saturated carbocycles. The van der Waals surface area contributed by atoms with Gasteiger partial charge in [-0.05, 0) is 31.4 Å². The number of benzene rings is 1. The van der Waals surface area contributed by atoms with Gasteiger partial charge in [-0.2, -0.15) is 0 Å². The van der Waals surface area contributed by atoms with Crippen LogP contribution in [-0.2, 0) is 6.61 Å². The number of aliphatic hydroxyl groups is 1. The van der Waals surface area contributed by atoms with E-state index in [1.54, 1.807) is 0 Å². The van der Waals surface area contributed by atoms with Crippen LogP contribution in [0.15, 0.2) is 24.3 Å². The van der Waals surface area contributed by atoms with Crippen molar-refractivity contribution in [3.8, 4) is 0 Å². The molecular formula is C15H18N2O. The highest BCUT2D eigenvalue weighted by atomic mass is 16.3. The quantitative estimate of drug-likeness (QED) is 0.879. The second kappa shape index (κ2) is 4.58. The van der Waals surface area contributed by atoms with Crippen molar-refractivity contribution in [1.82, 2.24) is 4.98 Å². The van der Waals surface area contributed by atoms with Crippen molar-refractivity contribution >= 4 is 16.7 Å². The molecule has 2 aromatic rings. The SMILES string of the molecule is Cc1cccc2cc(CO)c(N3CCCC3)nc12. The number of aromatic nitrogens is 1. The Morgan fingerprint density at radius 3 is 2.78 bits per heavy atom. The molecule has 0 amide bonds. The molecule has 0 aliphatic carbocycles. The predicted molar refractivity (Wildman–Crippen MR) is 73.8 cm³/mol. The molecule has 0 spiro atoms. The Hall–Kier alpha value is -1.61. The fraction of sp³-hybridized carbons (Fsp3) is 0.400. The molecule has 1 fully saturated rings. The molecule has 0 radical (unpaired) electrons. The van der Waals surface area contributed by atoms with E-state index in [9.17, 15) is 5.11 Å². The van der Waals surface area contributed by atoms with Gasteiger partial charge in [-0.1, -0.05) is 18.2 Å². The van der Waals surface area contributed by atoms with Gasteiger partial charge in [0.2, 0.25) is 0 Å². The first-order valence-electron chi connectivity index (χ1n) is 6.54. The van der Waals surface area contributed by atoms with Crippen LogP contribution in [0.2, 0.25) is 0 Å². The molecule has 1 saturated heterocycles. The zero-order valence-corrected chi connectivity index (χ0v) is 10.7. The Labute approximate surface area is 107 Å². The van der Waals surface area contributed by atoms with Crippen molar-refractivity contribution in [3.05, 3.63) is 35.4 Å². The summed E-state index contributed by atoms with van der Waals surface area (Å²) in [5.41, 5.74) is 3.18. The van der Waals surface area contributed by atoms with Crippen LogP contribution >= 0.6 is 0 Å². The summed E-state index contributed by atoms with van der Waals surface area (Å²) in [4.78, 5) is 7.08. The smallest absolute Gasteiger partial charge is 0.134 e. The van der Waals surface area contributed by atoms with E-state index in [-0.39, 0.29) is 6.61 Å². The van der Waals surface area contributed by atoms with Crippen molar-refractivity contribution in [2.75, 3.05) is 18.0 Å². The predicted octanol–water partition coefficient (Wildman–Crippen LogP) is 2.64. The standard InChI is InChI=1S/C15H18N2O/c1-11-5-4-6-12-9-13(10-18)15(16-14(11)12)17-7-2-3-8-17/h4-6,9,18H,2-3,7-8,10H2,1H3. The number of aliphatic hydroxyl groups excluding tert-OH is 1. The van der Waals surface area contributed by atoms with Gasteiger partial charge in [0, 0.05) is 24.0 Å². The van der Waals surface area contributed by atoms with E-state index in [4.69, 9.17) is 4.98 Å². The molecule has 3 heteroatoms. The van der Waals surface area contributed by atoms with E-state index in [1.165, 1.54) is 18.4 Å². The van der Waals surface area contributed by atoms with Gasteiger partial charge in [-0.25, -0.2) is 4.98 Å². The number of fused-ring (bicyclic) bond motifs is 1. The molecule has 18 heavy (non-hydrogen) atoms. The number of rotatable bonds is 2. The molecule has 94 valence electrons. The molecular weight excluding hydrogens is 224 g/mol. The first kappa shape index (κ1) is 11.5. The summed E-state index contributed by atoms with van der Waals surface area (Å²) >= 11 is 0. The number of anilines is 1. The average molecular weight is 242 g/mol. The highest BCUT2D eigenvalue weighted by Crippen LogP contribution is 2.27. The molecule has 0 atom stereocenters. The van der Waals surface area contributed by atoms with Crippen LogP contribution in [0.4, 0.5) is 5.82 Å². The van der Waals surface area contributed by atoms with Crippen LogP contribution in [0, 0.1) is 6.92 Å². The van der Waals surface area contributed by atoms with Crippen LogP contribution in [-0.4, -0.2) is 23.2 Å². The Morgan fingerprint density at radius 1 is 1.28 bits per heavy atom. The van der Waals surface area contributed by atoms with Gasteiger partial charge in [0.1, 0.15) is 5.82 Å². The fourth-order valence-corrected chi connectivity index (χ4v) is 2.70. The Balaban J connectivity index is 2.19. The summed E-state index contributed by atoms with van der Waals surface area (Å²) in [5.74, 6) is 0.969. The van der Waals surface area contributed by atoms with E-state index in [0.717, 1.165) is 35.4 Å². The molecule has 1 aliphatic heterocycles. The maximum Gasteiger partial charge on any atom is 0.134 e. The van der Waals surface area contributed by atoms with Gasteiger partial charge < -0.3 is 10.0 Å². The van der Waals surface area contributed by atoms with Gasteiger partial charge in [0.25, 0.3) is 0 Å². The van der Waals surface area contributed by atoms with Gasteiger partial charge in [0.15, 0.2) is 0 Å². The highest BCUT2D eigenvalue weighted by Gasteiger charge is 2.18. The highest BCUT2D eigenvalue weighted by molar-refractivity contribution is 5.84. The van der Waals surface area contributed by atoms with Crippen molar-refractivity contribution < 1.29 is 5.11 Å². The minimum atomic E-state index is 0.0582. The van der Waals surface area contributed by atoms with E-state index in [0.29, 0.717) is 0 Å². The summed E-state index contributed by atoms with van der Waals surface area (Å²) in [6.45, 7) is 4.25. The molecule has 0 unspecified atom stereocenters. The first-order chi connectivity index (χ1) is 8.79. The third-order valence-electron chi connectivity index (χ3n) is 3.68. The van der Waals surface area contributed by atoms with Gasteiger partial charge in [-0.3, -0.25) is 0 Å². The Morgan fingerprint density at radius 2 is 2.06 bits per heavy atom. The molecule has 3 nitrogen and oxygen atoms in total. The van der Waals surface area contributed by atoms with Crippen LogP contribution < -0.4 is 4.90 Å². The lowest BCUT2D eigenvalue weighted by molar-refractivity contribution is 0.282. The van der Waals surface area contributed by atoms with Gasteiger partial charge >= 0.3 is 0 Å². The summed E-state index contributed by atoms with van der Waals surface area (Å²) in [6, 6.07) is 8.25. The minimum absolute atomic E-state index is 0.0582. The van der Waals surface area contributed by atoms with Crippen LogP contribution in [0.3, 0.4) is 0 Å². The summed E-state index contributed by atoms with van der Waals surface area (Å²) in [7, 11) is 0. The second-order valence-corrected chi connectivity index (χ2v) is 4.97. The Bertz CT molecular complexity index is 574. The first-order valence-corrected chi connectivity index (χ1v) is 6.54. The average Bonchev–Trinajstić information content (AvgIpc) is 2.91. The van der Waals surface area contributed by atoms with Crippen LogP contribution in [0.5, 0.6) is 0 Å². The summed E-state index contributed by atoms with van der Waals surface area (Å²) in [5, 5.41) is 10.7. The van der Waals surface area contributed by atoms with Gasteiger partial charge in [-0.15, -0.1) is 0 Å². The van der Waals surface area contributed by atoms with Crippen LogP contribution in [0.25, 0.3) is 10.9 Å². The van der Waals surface area contributed by atoms with Crippen molar-refractivity contribution in [3.63, 3.8) is 0 Å². The van der Waals surface area contributed by atoms with E-state index >= 15 is 0 Å². The third-order valence-corrected chi connectivity index (χ3v) is 3.68. The number of hydrogen-bond acceptors (Lipinski definition) is 3. The van der Waals surface area contributed by atoms with Crippen molar-refractivity contribution in [2.24, 2.45) is 0 Å². The van der Waals surface area contributed by atoms with Gasteiger partial charge in [0.05, 0.1) is 12.1 Å². The molecule has 2 heterocycles. The lowest BCUT2D eigenvalue weighted by Gasteiger charge is -2.20. The monoisotopic (exact) mass is 242 g/mol. The van der Waals surface area contributed by atoms with Crippen molar-refractivity contribution in [2.45, 2.75) is 26.4 Å². The zero-order valence-electron chi connectivity index (χ0n) is 10.7. The molecule has 1 aliphatic rings. The fourth-order valence-electron chi connectivity index (χ4n) is 2.70. The van der Waals surface area contributed by atoms with E-state index in [1.807, 2.05) is 6.07 Å². The third kappa shape index (κ3) is 1.85. The maximum absolute atomic E-state index is 9.54. The lowest BCUT2D eigenvalue weighted by atomic mass is 10.1. The largest absolute Gasteiger partial charge is 0.392 e. The Kier molecular flexibility index (Phi) is 2.92. The molecule has 1 aromatic carbocycles. The maximum atomic E-state index is 9.54. The summed E-state index contributed by atoms with van der Waals surface area (Å²) in [6.07, 6.45) is 2.44. The number of nitrogens with zero attached hydrogens (tertiary/aromatic N) is 2. The molecule has 3 rings (SSSR count). The number of para-hydroxylation sites is 1. The number of pyridine rings is 1. The lowest BCUT2D eigenvalue weighted by Crippen LogP contribution is -2.21. The molecule has 1 N–H and O–H groups in total. The number of hydrogen-bond donors (Lipinski definition) is 1. The van der Waals surface area contributed by atoms with Crippen LogP contribution in [0.1, 0.15) is 24.0 Å².